The zero-order valence-corrected chi connectivity index (χ0v) is 14.0. The summed E-state index contributed by atoms with van der Waals surface area (Å²) >= 11 is 0. The van der Waals surface area contributed by atoms with Gasteiger partial charge in [-0.15, -0.1) is 0 Å². The van der Waals surface area contributed by atoms with Crippen LogP contribution in [-0.4, -0.2) is 22.3 Å². The maximum Gasteiger partial charge on any atom is 0.0826 e. The Labute approximate surface area is 140 Å². The van der Waals surface area contributed by atoms with Gasteiger partial charge in [0.05, 0.1) is 18.2 Å². The highest BCUT2D eigenvalue weighted by atomic mass is 16.6. The molecule has 1 atom stereocenters. The molecule has 0 bridgehead atoms. The van der Waals surface area contributed by atoms with Gasteiger partial charge in [-0.05, 0) is 49.4 Å². The zero-order chi connectivity index (χ0) is 16.3. The Morgan fingerprint density at radius 1 is 1.08 bits per heavy atom. The van der Waals surface area contributed by atoms with Gasteiger partial charge in [-0.1, -0.05) is 18.2 Å². The number of rotatable bonds is 3. The van der Waals surface area contributed by atoms with Gasteiger partial charge >= 0.3 is 0 Å². The fourth-order valence-electron chi connectivity index (χ4n) is 3.98. The molecule has 0 aliphatic carbocycles. The van der Waals surface area contributed by atoms with E-state index < -0.39 is 0 Å². The van der Waals surface area contributed by atoms with E-state index in [1.165, 1.54) is 38.1 Å². The minimum absolute atomic E-state index is 0.452. The van der Waals surface area contributed by atoms with E-state index in [9.17, 15) is 0 Å². The fourth-order valence-corrected chi connectivity index (χ4v) is 3.98. The molecule has 120 valence electrons. The molecule has 0 spiro atoms. The lowest BCUT2D eigenvalue weighted by atomic mass is 10.0. The molecule has 5 rings (SSSR count). The molecule has 2 aromatic carbocycles. The number of fused-ring (bicyclic) bond motifs is 4. The van der Waals surface area contributed by atoms with Gasteiger partial charge in [0.25, 0.3) is 0 Å². The van der Waals surface area contributed by atoms with Crippen molar-refractivity contribution in [3.63, 3.8) is 0 Å². The van der Waals surface area contributed by atoms with Crippen LogP contribution in [0.15, 0.2) is 42.6 Å². The van der Waals surface area contributed by atoms with E-state index in [2.05, 4.69) is 59.8 Å². The molecular formula is C21H20N2O. The molecule has 0 saturated carbocycles. The second kappa shape index (κ2) is 5.05. The molecule has 1 saturated heterocycles. The van der Waals surface area contributed by atoms with Crippen LogP contribution in [0, 0.1) is 13.8 Å². The van der Waals surface area contributed by atoms with Gasteiger partial charge in [0, 0.05) is 40.1 Å². The summed E-state index contributed by atoms with van der Waals surface area (Å²) in [7, 11) is 0. The third-order valence-electron chi connectivity index (χ3n) is 5.32. The summed E-state index contributed by atoms with van der Waals surface area (Å²) in [6.07, 6.45) is 3.45. The number of aromatic nitrogens is 2. The first-order valence-electron chi connectivity index (χ1n) is 8.61. The van der Waals surface area contributed by atoms with E-state index in [-0.39, 0.29) is 0 Å². The molecule has 0 amide bonds. The third kappa shape index (κ3) is 1.98. The molecule has 4 aromatic rings. The Kier molecular flexibility index (Phi) is 2.95. The van der Waals surface area contributed by atoms with Crippen molar-refractivity contribution in [2.75, 3.05) is 6.61 Å². The Bertz CT molecular complexity index is 1090. The summed E-state index contributed by atoms with van der Waals surface area (Å²) in [5.74, 6) is 0. The minimum atomic E-state index is 0.452. The summed E-state index contributed by atoms with van der Waals surface area (Å²) in [6, 6.07) is 13.2. The predicted molar refractivity (Wildman–Crippen MR) is 98.6 cm³/mol. The van der Waals surface area contributed by atoms with Crippen LogP contribution < -0.4 is 0 Å². The fraction of sp³-hybridized carbons (Fsp3) is 0.286. The monoisotopic (exact) mass is 316 g/mol. The molecule has 3 heterocycles. The highest BCUT2D eigenvalue weighted by molar-refractivity contribution is 6.14. The maximum absolute atomic E-state index is 5.43. The third-order valence-corrected chi connectivity index (χ3v) is 5.32. The molecule has 1 aliphatic heterocycles. The van der Waals surface area contributed by atoms with E-state index in [0.717, 1.165) is 25.3 Å². The quantitative estimate of drug-likeness (QED) is 0.511. The highest BCUT2D eigenvalue weighted by Crippen LogP contribution is 2.36. The molecule has 0 radical (unpaired) electrons. The van der Waals surface area contributed by atoms with Crippen LogP contribution in [0.4, 0.5) is 0 Å². The first-order chi connectivity index (χ1) is 11.7. The van der Waals surface area contributed by atoms with E-state index in [1.807, 2.05) is 6.20 Å². The van der Waals surface area contributed by atoms with Gasteiger partial charge < -0.3 is 9.30 Å². The molecular weight excluding hydrogens is 296 g/mol. The van der Waals surface area contributed by atoms with Crippen molar-refractivity contribution in [2.45, 2.75) is 32.9 Å². The Balaban J connectivity index is 1.90. The van der Waals surface area contributed by atoms with Crippen molar-refractivity contribution < 1.29 is 4.74 Å². The SMILES string of the molecule is Cc1nccc2c(C)c3c(cc12)c1ccccc1n3CC[C@@H]1CO1. The van der Waals surface area contributed by atoms with Crippen molar-refractivity contribution >= 4 is 32.6 Å². The summed E-state index contributed by atoms with van der Waals surface area (Å²) < 4.78 is 7.91. The van der Waals surface area contributed by atoms with Crippen LogP contribution in [0.3, 0.4) is 0 Å². The van der Waals surface area contributed by atoms with Crippen LogP contribution >= 0.6 is 0 Å². The number of hydrogen-bond donors (Lipinski definition) is 0. The first kappa shape index (κ1) is 14.0. The summed E-state index contributed by atoms with van der Waals surface area (Å²) in [4.78, 5) is 4.49. The molecule has 2 aromatic heterocycles. The van der Waals surface area contributed by atoms with Gasteiger partial charge in [-0.25, -0.2) is 0 Å². The Morgan fingerprint density at radius 3 is 2.75 bits per heavy atom. The second-order valence-corrected chi connectivity index (χ2v) is 6.80. The van der Waals surface area contributed by atoms with Crippen molar-refractivity contribution in [2.24, 2.45) is 0 Å². The molecule has 24 heavy (non-hydrogen) atoms. The first-order valence-corrected chi connectivity index (χ1v) is 8.61. The molecule has 1 fully saturated rings. The van der Waals surface area contributed by atoms with E-state index in [0.29, 0.717) is 6.10 Å². The topological polar surface area (TPSA) is 30.4 Å². The minimum Gasteiger partial charge on any atom is -0.373 e. The van der Waals surface area contributed by atoms with Crippen LogP contribution in [0.1, 0.15) is 17.7 Å². The van der Waals surface area contributed by atoms with Crippen molar-refractivity contribution in [3.05, 3.63) is 53.9 Å². The van der Waals surface area contributed by atoms with Gasteiger partial charge in [0.2, 0.25) is 0 Å². The lowest BCUT2D eigenvalue weighted by Gasteiger charge is -2.11. The van der Waals surface area contributed by atoms with E-state index in [4.69, 9.17) is 4.74 Å². The Morgan fingerprint density at radius 2 is 1.92 bits per heavy atom. The van der Waals surface area contributed by atoms with Gasteiger partial charge in [-0.3, -0.25) is 4.98 Å². The number of nitrogens with zero attached hydrogens (tertiary/aromatic N) is 2. The molecule has 1 aliphatic rings. The van der Waals surface area contributed by atoms with E-state index >= 15 is 0 Å². The average Bonchev–Trinajstić information content (AvgIpc) is 3.37. The number of para-hydroxylation sites is 1. The second-order valence-electron chi connectivity index (χ2n) is 6.80. The van der Waals surface area contributed by atoms with Crippen LogP contribution in [0.2, 0.25) is 0 Å². The summed E-state index contributed by atoms with van der Waals surface area (Å²) in [6.45, 7) is 6.26. The van der Waals surface area contributed by atoms with Gasteiger partial charge in [0.15, 0.2) is 0 Å². The number of hydrogen-bond acceptors (Lipinski definition) is 2. The number of aryl methyl sites for hydroxylation is 3. The number of benzene rings is 2. The number of ether oxygens (including phenoxy) is 1. The lowest BCUT2D eigenvalue weighted by molar-refractivity contribution is 0.387. The molecule has 0 unspecified atom stereocenters. The Hall–Kier alpha value is -2.39. The zero-order valence-electron chi connectivity index (χ0n) is 14.0. The smallest absolute Gasteiger partial charge is 0.0826 e. The molecule has 3 nitrogen and oxygen atoms in total. The van der Waals surface area contributed by atoms with Crippen LogP contribution in [0.5, 0.6) is 0 Å². The van der Waals surface area contributed by atoms with Crippen molar-refractivity contribution in [1.82, 2.24) is 9.55 Å². The normalized spacial score (nSPS) is 17.2. The van der Waals surface area contributed by atoms with Crippen LogP contribution in [0.25, 0.3) is 32.6 Å². The highest BCUT2D eigenvalue weighted by Gasteiger charge is 2.23. The van der Waals surface area contributed by atoms with Crippen molar-refractivity contribution in [1.29, 1.82) is 0 Å². The predicted octanol–water partition coefficient (Wildman–Crippen LogP) is 4.75. The lowest BCUT2D eigenvalue weighted by Crippen LogP contribution is -2.02. The van der Waals surface area contributed by atoms with Gasteiger partial charge in [0.1, 0.15) is 0 Å². The maximum atomic E-state index is 5.43. The summed E-state index contributed by atoms with van der Waals surface area (Å²) in [5.41, 5.74) is 5.12. The van der Waals surface area contributed by atoms with Crippen molar-refractivity contribution in [3.8, 4) is 0 Å². The van der Waals surface area contributed by atoms with E-state index in [1.54, 1.807) is 0 Å². The molecule has 3 heteroatoms. The number of epoxide rings is 1. The van der Waals surface area contributed by atoms with Crippen LogP contribution in [-0.2, 0) is 11.3 Å². The molecule has 0 N–H and O–H groups in total. The van der Waals surface area contributed by atoms with Gasteiger partial charge in [-0.2, -0.15) is 0 Å². The average molecular weight is 316 g/mol. The largest absolute Gasteiger partial charge is 0.373 e. The standard InChI is InChI=1S/C21H20N2O/c1-13-16-7-9-22-14(2)18(16)11-19-17-5-3-4-6-20(17)23(21(13)19)10-8-15-12-24-15/h3-7,9,11,15H,8,10,12H2,1-2H3/t15-/m1/s1. The summed E-state index contributed by atoms with van der Waals surface area (Å²) in [5, 5.41) is 5.23. The number of pyridine rings is 1.